The fourth-order valence-electron chi connectivity index (χ4n) is 2.63. The Morgan fingerprint density at radius 1 is 1.30 bits per heavy atom. The monoisotopic (exact) mass is 328 g/mol. The molecule has 0 bridgehead atoms. The number of amides is 1. The minimum Gasteiger partial charge on any atom is -0.354 e. The zero-order valence-electron chi connectivity index (χ0n) is 13.0. The summed E-state index contributed by atoms with van der Waals surface area (Å²) in [6.07, 6.45) is 0. The molecule has 0 aliphatic heterocycles. The number of nitrogens with zero attached hydrogens (tertiary/aromatic N) is 1. The molecule has 0 saturated carbocycles. The topological polar surface area (TPSA) is 90.6 Å². The van der Waals surface area contributed by atoms with Gasteiger partial charge in [-0.05, 0) is 37.8 Å². The molecule has 7 heteroatoms. The molecule has 3 heterocycles. The van der Waals surface area contributed by atoms with Gasteiger partial charge >= 0.3 is 0 Å². The second-order valence-electron chi connectivity index (χ2n) is 5.28. The highest BCUT2D eigenvalue weighted by molar-refractivity contribution is 7.13. The quantitative estimate of drug-likeness (QED) is 0.640. The molecule has 0 fully saturated rings. The highest BCUT2D eigenvalue weighted by Crippen LogP contribution is 2.25. The van der Waals surface area contributed by atoms with Gasteiger partial charge in [0.05, 0.1) is 10.6 Å². The van der Waals surface area contributed by atoms with Crippen LogP contribution in [-0.4, -0.2) is 26.9 Å². The molecular weight excluding hydrogens is 312 g/mol. The minimum absolute atomic E-state index is 0.0601. The molecule has 0 aliphatic carbocycles. The van der Waals surface area contributed by atoms with Gasteiger partial charge in [-0.2, -0.15) is 5.10 Å². The standard InChI is InChI=1S/C16H16N4O2S/c1-8-14(10(3)21)9(2)17-15(8)16(22)18-13-7-11(19-20-13)12-5-4-6-23-12/h4-7,17H,1-3H3,(H2,18,19,20,22). The van der Waals surface area contributed by atoms with E-state index < -0.39 is 0 Å². The van der Waals surface area contributed by atoms with Gasteiger partial charge in [0.2, 0.25) is 0 Å². The number of aryl methyl sites for hydroxylation is 1. The molecule has 3 rings (SSSR count). The minimum atomic E-state index is -0.317. The van der Waals surface area contributed by atoms with Crippen LogP contribution in [0.1, 0.15) is 39.0 Å². The second kappa shape index (κ2) is 5.85. The smallest absolute Gasteiger partial charge is 0.273 e. The first kappa shape index (κ1) is 15.2. The Morgan fingerprint density at radius 3 is 2.70 bits per heavy atom. The molecule has 0 aromatic carbocycles. The number of nitrogens with one attached hydrogen (secondary N) is 3. The summed E-state index contributed by atoms with van der Waals surface area (Å²) in [5.74, 6) is 0.0619. The van der Waals surface area contributed by atoms with Gasteiger partial charge in [-0.15, -0.1) is 11.3 Å². The van der Waals surface area contributed by atoms with Crippen molar-refractivity contribution in [3.05, 3.63) is 46.1 Å². The number of rotatable bonds is 4. The molecule has 6 nitrogen and oxygen atoms in total. The van der Waals surface area contributed by atoms with Crippen LogP contribution < -0.4 is 5.32 Å². The zero-order chi connectivity index (χ0) is 16.6. The van der Waals surface area contributed by atoms with Crippen molar-refractivity contribution in [2.75, 3.05) is 5.32 Å². The van der Waals surface area contributed by atoms with E-state index in [4.69, 9.17) is 0 Å². The van der Waals surface area contributed by atoms with Crippen LogP contribution in [0.4, 0.5) is 5.82 Å². The van der Waals surface area contributed by atoms with Crippen LogP contribution in [0.25, 0.3) is 10.6 Å². The number of anilines is 1. The van der Waals surface area contributed by atoms with E-state index in [-0.39, 0.29) is 11.7 Å². The summed E-state index contributed by atoms with van der Waals surface area (Å²) in [6.45, 7) is 5.03. The van der Waals surface area contributed by atoms with E-state index in [0.29, 0.717) is 28.3 Å². The number of H-pyrrole nitrogens is 2. The number of hydrogen-bond acceptors (Lipinski definition) is 4. The number of thiophene rings is 1. The van der Waals surface area contributed by atoms with Gasteiger partial charge < -0.3 is 10.3 Å². The SMILES string of the molecule is CC(=O)c1c(C)[nH]c(C(=O)Nc2cc(-c3cccs3)[nH]n2)c1C. The highest BCUT2D eigenvalue weighted by atomic mass is 32.1. The molecule has 3 N–H and O–H groups in total. The third kappa shape index (κ3) is 2.83. The van der Waals surface area contributed by atoms with E-state index in [1.54, 1.807) is 31.3 Å². The lowest BCUT2D eigenvalue weighted by atomic mass is 10.1. The molecular formula is C16H16N4O2S. The van der Waals surface area contributed by atoms with Crippen molar-refractivity contribution in [2.24, 2.45) is 0 Å². The van der Waals surface area contributed by atoms with Gasteiger partial charge in [0, 0.05) is 17.3 Å². The summed E-state index contributed by atoms with van der Waals surface area (Å²) in [6, 6.07) is 5.70. The number of aromatic nitrogens is 3. The summed E-state index contributed by atoms with van der Waals surface area (Å²) >= 11 is 1.59. The van der Waals surface area contributed by atoms with E-state index >= 15 is 0 Å². The van der Waals surface area contributed by atoms with Crippen LogP contribution in [0.2, 0.25) is 0 Å². The summed E-state index contributed by atoms with van der Waals surface area (Å²) in [5.41, 5.74) is 3.15. The van der Waals surface area contributed by atoms with Crippen molar-refractivity contribution in [3.63, 3.8) is 0 Å². The van der Waals surface area contributed by atoms with E-state index in [1.165, 1.54) is 6.92 Å². The summed E-state index contributed by atoms with van der Waals surface area (Å²) in [5, 5.41) is 11.7. The maximum absolute atomic E-state index is 12.4. The van der Waals surface area contributed by atoms with Crippen LogP contribution >= 0.6 is 11.3 Å². The van der Waals surface area contributed by atoms with Crippen LogP contribution in [0, 0.1) is 13.8 Å². The number of Topliss-reactive ketones (excluding diaryl/α,β-unsaturated/α-hetero) is 1. The largest absolute Gasteiger partial charge is 0.354 e. The maximum Gasteiger partial charge on any atom is 0.273 e. The Bertz CT molecular complexity index is 874. The predicted molar refractivity (Wildman–Crippen MR) is 90.1 cm³/mol. The third-order valence-electron chi connectivity index (χ3n) is 3.62. The molecule has 118 valence electrons. The van der Waals surface area contributed by atoms with Gasteiger partial charge in [0.15, 0.2) is 11.6 Å². The highest BCUT2D eigenvalue weighted by Gasteiger charge is 2.20. The molecule has 1 amide bonds. The average Bonchev–Trinajstić information content (AvgIpc) is 3.18. The number of carbonyl (C=O) groups is 2. The Labute approximate surface area is 136 Å². The van der Waals surface area contributed by atoms with Crippen LogP contribution in [0.15, 0.2) is 23.6 Å². The van der Waals surface area contributed by atoms with Crippen molar-refractivity contribution in [2.45, 2.75) is 20.8 Å². The lowest BCUT2D eigenvalue weighted by molar-refractivity contribution is 0.101. The first-order chi connectivity index (χ1) is 11.0. The first-order valence-electron chi connectivity index (χ1n) is 7.08. The summed E-state index contributed by atoms with van der Waals surface area (Å²) < 4.78 is 0. The molecule has 0 spiro atoms. The fourth-order valence-corrected chi connectivity index (χ4v) is 3.32. The molecule has 3 aromatic rings. The average molecular weight is 328 g/mol. The normalized spacial score (nSPS) is 10.7. The molecule has 0 radical (unpaired) electrons. The van der Waals surface area contributed by atoms with Gasteiger partial charge in [-0.3, -0.25) is 14.7 Å². The Kier molecular flexibility index (Phi) is 3.87. The lowest BCUT2D eigenvalue weighted by Crippen LogP contribution is -2.14. The van der Waals surface area contributed by atoms with Crippen molar-refractivity contribution in [1.82, 2.24) is 15.2 Å². The molecule has 0 saturated heterocycles. The van der Waals surface area contributed by atoms with Crippen molar-refractivity contribution < 1.29 is 9.59 Å². The van der Waals surface area contributed by atoms with Gasteiger partial charge in [-0.1, -0.05) is 6.07 Å². The van der Waals surface area contributed by atoms with Gasteiger partial charge in [0.1, 0.15) is 5.69 Å². The van der Waals surface area contributed by atoms with Crippen molar-refractivity contribution >= 4 is 28.8 Å². The Hall–Kier alpha value is -2.67. The predicted octanol–water partition coefficient (Wildman–Crippen LogP) is 3.54. The molecule has 0 unspecified atom stereocenters. The summed E-state index contributed by atoms with van der Waals surface area (Å²) in [7, 11) is 0. The fraction of sp³-hybridized carbons (Fsp3) is 0.188. The Morgan fingerprint density at radius 2 is 2.09 bits per heavy atom. The van der Waals surface area contributed by atoms with Crippen LogP contribution in [0.3, 0.4) is 0 Å². The molecule has 0 atom stereocenters. The number of hydrogen-bond donors (Lipinski definition) is 3. The van der Waals surface area contributed by atoms with Gasteiger partial charge in [0.25, 0.3) is 5.91 Å². The van der Waals surface area contributed by atoms with E-state index in [0.717, 1.165) is 10.6 Å². The van der Waals surface area contributed by atoms with Gasteiger partial charge in [-0.25, -0.2) is 0 Å². The van der Waals surface area contributed by atoms with Crippen molar-refractivity contribution in [1.29, 1.82) is 0 Å². The maximum atomic E-state index is 12.4. The molecule has 3 aromatic heterocycles. The van der Waals surface area contributed by atoms with E-state index in [1.807, 2.05) is 17.5 Å². The number of carbonyl (C=O) groups excluding carboxylic acids is 2. The van der Waals surface area contributed by atoms with Crippen molar-refractivity contribution in [3.8, 4) is 10.6 Å². The van der Waals surface area contributed by atoms with Crippen LogP contribution in [-0.2, 0) is 0 Å². The Balaban J connectivity index is 1.83. The second-order valence-corrected chi connectivity index (χ2v) is 6.23. The molecule has 0 aliphatic rings. The zero-order valence-corrected chi connectivity index (χ0v) is 13.8. The molecule has 23 heavy (non-hydrogen) atoms. The van der Waals surface area contributed by atoms with E-state index in [2.05, 4.69) is 20.5 Å². The number of ketones is 1. The summed E-state index contributed by atoms with van der Waals surface area (Å²) in [4.78, 5) is 28.1. The third-order valence-corrected chi connectivity index (χ3v) is 4.53. The van der Waals surface area contributed by atoms with E-state index in [9.17, 15) is 9.59 Å². The van der Waals surface area contributed by atoms with Crippen LogP contribution in [0.5, 0.6) is 0 Å². The lowest BCUT2D eigenvalue weighted by Gasteiger charge is -2.01. The first-order valence-corrected chi connectivity index (χ1v) is 7.96. The number of aromatic amines is 2.